The standard InChI is InChI=1S/C12H15BrN2O3S/c1-7-9(11(16)17)4-5-15(7)12(18)14-6-8-2-3-10(13)19-8/h2-3,7,9H,4-6H2,1H3,(H,14,18)(H,16,17). The second kappa shape index (κ2) is 5.92. The van der Waals surface area contributed by atoms with Crippen LogP contribution in [0, 0.1) is 5.92 Å². The number of aliphatic carboxylic acids is 1. The number of hydrogen-bond donors (Lipinski definition) is 2. The van der Waals surface area contributed by atoms with E-state index in [2.05, 4.69) is 21.2 Å². The minimum Gasteiger partial charge on any atom is -0.481 e. The molecule has 2 N–H and O–H groups in total. The van der Waals surface area contributed by atoms with Gasteiger partial charge in [-0.15, -0.1) is 11.3 Å². The van der Waals surface area contributed by atoms with Crippen molar-refractivity contribution in [3.63, 3.8) is 0 Å². The van der Waals surface area contributed by atoms with Crippen molar-refractivity contribution in [2.45, 2.75) is 25.9 Å². The number of amides is 2. The van der Waals surface area contributed by atoms with Crippen LogP contribution in [0.25, 0.3) is 0 Å². The van der Waals surface area contributed by atoms with Crippen LogP contribution in [0.3, 0.4) is 0 Å². The van der Waals surface area contributed by atoms with Crippen molar-refractivity contribution in [3.8, 4) is 0 Å². The molecule has 2 amide bonds. The van der Waals surface area contributed by atoms with Gasteiger partial charge in [-0.05, 0) is 41.4 Å². The molecular formula is C12H15BrN2O3S. The van der Waals surface area contributed by atoms with E-state index < -0.39 is 11.9 Å². The maximum atomic E-state index is 12.0. The molecule has 0 bridgehead atoms. The first-order valence-corrected chi connectivity index (χ1v) is 7.61. The molecule has 1 aromatic heterocycles. The van der Waals surface area contributed by atoms with Gasteiger partial charge in [-0.3, -0.25) is 4.79 Å². The Morgan fingerprint density at radius 3 is 2.84 bits per heavy atom. The third-order valence-electron chi connectivity index (χ3n) is 3.38. The molecule has 0 aromatic carbocycles. The predicted molar refractivity (Wildman–Crippen MR) is 76.2 cm³/mol. The van der Waals surface area contributed by atoms with E-state index in [1.54, 1.807) is 23.2 Å². The van der Waals surface area contributed by atoms with E-state index in [1.807, 2.05) is 12.1 Å². The van der Waals surface area contributed by atoms with Crippen LogP contribution in [-0.4, -0.2) is 34.6 Å². The highest BCUT2D eigenvalue weighted by Crippen LogP contribution is 2.25. The Morgan fingerprint density at radius 1 is 1.58 bits per heavy atom. The van der Waals surface area contributed by atoms with Gasteiger partial charge in [0.15, 0.2) is 0 Å². The number of nitrogens with one attached hydrogen (secondary N) is 1. The quantitative estimate of drug-likeness (QED) is 0.883. The number of hydrogen-bond acceptors (Lipinski definition) is 3. The Labute approximate surface area is 123 Å². The molecule has 0 spiro atoms. The summed E-state index contributed by atoms with van der Waals surface area (Å²) in [6.45, 7) is 2.75. The fourth-order valence-corrected chi connectivity index (χ4v) is 3.69. The lowest BCUT2D eigenvalue weighted by molar-refractivity contribution is -0.142. The van der Waals surface area contributed by atoms with E-state index in [-0.39, 0.29) is 12.1 Å². The summed E-state index contributed by atoms with van der Waals surface area (Å²) < 4.78 is 1.03. The number of rotatable bonds is 3. The molecule has 19 heavy (non-hydrogen) atoms. The van der Waals surface area contributed by atoms with Gasteiger partial charge in [0, 0.05) is 17.5 Å². The minimum atomic E-state index is -0.829. The molecule has 2 unspecified atom stereocenters. The van der Waals surface area contributed by atoms with Gasteiger partial charge in [0.1, 0.15) is 0 Å². The van der Waals surface area contributed by atoms with Crippen molar-refractivity contribution in [2.24, 2.45) is 5.92 Å². The molecule has 1 aliphatic rings. The van der Waals surface area contributed by atoms with Crippen LogP contribution in [0.4, 0.5) is 4.79 Å². The Hall–Kier alpha value is -1.08. The first-order chi connectivity index (χ1) is 8.99. The van der Waals surface area contributed by atoms with E-state index in [0.717, 1.165) is 8.66 Å². The summed E-state index contributed by atoms with van der Waals surface area (Å²) in [7, 11) is 0. The largest absolute Gasteiger partial charge is 0.481 e. The molecule has 0 aliphatic carbocycles. The molecule has 2 rings (SSSR count). The SMILES string of the molecule is CC1C(C(=O)O)CCN1C(=O)NCc1ccc(Br)s1. The molecular weight excluding hydrogens is 332 g/mol. The molecule has 1 aliphatic heterocycles. The molecule has 1 aromatic rings. The third kappa shape index (κ3) is 3.27. The maximum Gasteiger partial charge on any atom is 0.317 e. The van der Waals surface area contributed by atoms with E-state index in [0.29, 0.717) is 19.5 Å². The van der Waals surface area contributed by atoms with Gasteiger partial charge in [0.2, 0.25) is 0 Å². The molecule has 0 radical (unpaired) electrons. The Bertz CT molecular complexity index is 491. The summed E-state index contributed by atoms with van der Waals surface area (Å²) in [5.74, 6) is -1.29. The number of nitrogens with zero attached hydrogens (tertiary/aromatic N) is 1. The van der Waals surface area contributed by atoms with Crippen molar-refractivity contribution in [1.82, 2.24) is 10.2 Å². The molecule has 1 fully saturated rings. The van der Waals surface area contributed by atoms with Crippen molar-refractivity contribution in [3.05, 3.63) is 20.8 Å². The van der Waals surface area contributed by atoms with E-state index >= 15 is 0 Å². The summed E-state index contributed by atoms with van der Waals surface area (Å²) in [6.07, 6.45) is 0.522. The average Bonchev–Trinajstić information content (AvgIpc) is 2.92. The topological polar surface area (TPSA) is 69.6 Å². The smallest absolute Gasteiger partial charge is 0.317 e. The number of carboxylic acid groups (broad SMARTS) is 1. The van der Waals surface area contributed by atoms with Gasteiger partial charge in [0.05, 0.1) is 16.2 Å². The highest BCUT2D eigenvalue weighted by Gasteiger charge is 2.37. The minimum absolute atomic E-state index is 0.194. The summed E-state index contributed by atoms with van der Waals surface area (Å²) in [4.78, 5) is 25.7. The number of carbonyl (C=O) groups is 2. The molecule has 1 saturated heterocycles. The van der Waals surface area contributed by atoms with Gasteiger partial charge in [-0.2, -0.15) is 0 Å². The Kier molecular flexibility index (Phi) is 4.46. The van der Waals surface area contributed by atoms with Crippen LogP contribution in [0.2, 0.25) is 0 Å². The monoisotopic (exact) mass is 346 g/mol. The molecule has 2 atom stereocenters. The van der Waals surface area contributed by atoms with Crippen LogP contribution in [0.5, 0.6) is 0 Å². The second-order valence-electron chi connectivity index (χ2n) is 4.53. The highest BCUT2D eigenvalue weighted by atomic mass is 79.9. The number of carbonyl (C=O) groups excluding carboxylic acids is 1. The van der Waals surface area contributed by atoms with Crippen molar-refractivity contribution >= 4 is 39.3 Å². The van der Waals surface area contributed by atoms with Crippen LogP contribution < -0.4 is 5.32 Å². The number of thiophene rings is 1. The van der Waals surface area contributed by atoms with Gasteiger partial charge in [-0.1, -0.05) is 0 Å². The van der Waals surface area contributed by atoms with Gasteiger partial charge >= 0.3 is 12.0 Å². The van der Waals surface area contributed by atoms with E-state index in [1.165, 1.54) is 0 Å². The molecule has 0 saturated carbocycles. The zero-order chi connectivity index (χ0) is 14.0. The van der Waals surface area contributed by atoms with Crippen LogP contribution in [0.15, 0.2) is 15.9 Å². The van der Waals surface area contributed by atoms with Gasteiger partial charge < -0.3 is 15.3 Å². The van der Waals surface area contributed by atoms with E-state index in [4.69, 9.17) is 5.11 Å². The lowest BCUT2D eigenvalue weighted by Gasteiger charge is -2.23. The summed E-state index contributed by atoms with van der Waals surface area (Å²) in [6, 6.07) is 3.43. The number of likely N-dealkylation sites (tertiary alicyclic amines) is 1. The number of carboxylic acids is 1. The molecule has 104 valence electrons. The molecule has 7 heteroatoms. The van der Waals surface area contributed by atoms with E-state index in [9.17, 15) is 9.59 Å². The van der Waals surface area contributed by atoms with Gasteiger partial charge in [-0.25, -0.2) is 4.79 Å². The zero-order valence-electron chi connectivity index (χ0n) is 10.4. The summed E-state index contributed by atoms with van der Waals surface area (Å²) in [5.41, 5.74) is 0. The normalized spacial score (nSPS) is 22.5. The van der Waals surface area contributed by atoms with Crippen molar-refractivity contribution in [2.75, 3.05) is 6.54 Å². The predicted octanol–water partition coefficient (Wildman–Crippen LogP) is 2.52. The summed E-state index contributed by atoms with van der Waals surface area (Å²) in [5, 5.41) is 11.9. The van der Waals surface area contributed by atoms with Crippen LogP contribution >= 0.6 is 27.3 Å². The summed E-state index contributed by atoms with van der Waals surface area (Å²) >= 11 is 4.94. The number of halogens is 1. The molecule has 2 heterocycles. The first kappa shape index (κ1) is 14.3. The lowest BCUT2D eigenvalue weighted by Crippen LogP contribution is -2.43. The fraction of sp³-hybridized carbons (Fsp3) is 0.500. The van der Waals surface area contributed by atoms with Crippen molar-refractivity contribution in [1.29, 1.82) is 0 Å². The lowest BCUT2D eigenvalue weighted by atomic mass is 10.0. The van der Waals surface area contributed by atoms with Crippen LogP contribution in [-0.2, 0) is 11.3 Å². The van der Waals surface area contributed by atoms with Crippen LogP contribution in [0.1, 0.15) is 18.2 Å². The average molecular weight is 347 g/mol. The third-order valence-corrected chi connectivity index (χ3v) is 5.00. The second-order valence-corrected chi connectivity index (χ2v) is 7.08. The maximum absolute atomic E-state index is 12.0. The Morgan fingerprint density at radius 2 is 2.32 bits per heavy atom. The first-order valence-electron chi connectivity index (χ1n) is 6.00. The highest BCUT2D eigenvalue weighted by molar-refractivity contribution is 9.11. The fourth-order valence-electron chi connectivity index (χ4n) is 2.27. The molecule has 5 nitrogen and oxygen atoms in total. The van der Waals surface area contributed by atoms with Crippen molar-refractivity contribution < 1.29 is 14.7 Å². The number of urea groups is 1. The van der Waals surface area contributed by atoms with Gasteiger partial charge in [0.25, 0.3) is 0 Å². The Balaban J connectivity index is 1.89. The zero-order valence-corrected chi connectivity index (χ0v) is 12.8.